The topological polar surface area (TPSA) is 76.0 Å². The van der Waals surface area contributed by atoms with E-state index in [9.17, 15) is 9.90 Å². The van der Waals surface area contributed by atoms with Crippen LogP contribution >= 0.6 is 11.6 Å². The van der Waals surface area contributed by atoms with Gasteiger partial charge in [-0.2, -0.15) is 0 Å². The van der Waals surface area contributed by atoms with Crippen LogP contribution in [0.15, 0.2) is 72.8 Å². The van der Waals surface area contributed by atoms with Gasteiger partial charge in [-0.05, 0) is 46.5 Å². The van der Waals surface area contributed by atoms with Gasteiger partial charge >= 0.3 is 5.97 Å². The Morgan fingerprint density at radius 3 is 2.20 bits per heavy atom. The molecule has 0 spiro atoms. The Morgan fingerprint density at radius 2 is 1.50 bits per heavy atom. The van der Waals surface area contributed by atoms with Crippen LogP contribution in [0.2, 0.25) is 0 Å². The Labute approximate surface area is 180 Å². The highest BCUT2D eigenvalue weighted by Crippen LogP contribution is 2.24. The molecule has 0 radical (unpaired) electrons. The second-order valence-electron chi connectivity index (χ2n) is 6.85. The maximum atomic E-state index is 10.9. The van der Waals surface area contributed by atoms with Crippen LogP contribution in [0.1, 0.15) is 11.1 Å². The summed E-state index contributed by atoms with van der Waals surface area (Å²) in [7, 11) is 0. The summed E-state index contributed by atoms with van der Waals surface area (Å²) >= 11 is 5.81. The van der Waals surface area contributed by atoms with Crippen molar-refractivity contribution in [2.24, 2.45) is 0 Å². The Hall–Kier alpha value is -3.02. The minimum Gasteiger partial charge on any atom is -0.491 e. The smallest absolute Gasteiger partial charge is 0.307 e. The van der Waals surface area contributed by atoms with Gasteiger partial charge in [-0.3, -0.25) is 4.79 Å². The number of hydrogen-bond acceptors (Lipinski definition) is 4. The average molecular weight is 427 g/mol. The second kappa shape index (κ2) is 10.7. The number of carboxylic acids is 1. The molecule has 3 aromatic rings. The lowest BCUT2D eigenvalue weighted by molar-refractivity contribution is -0.136. The summed E-state index contributed by atoms with van der Waals surface area (Å²) in [5.41, 5.74) is 3.60. The van der Waals surface area contributed by atoms with Crippen molar-refractivity contribution in [2.45, 2.75) is 18.4 Å². The number of ether oxygens (including phenoxy) is 2. The fourth-order valence-electron chi connectivity index (χ4n) is 2.93. The molecule has 0 amide bonds. The monoisotopic (exact) mass is 426 g/mol. The molecule has 0 heterocycles. The normalized spacial score (nSPS) is 11.7. The summed E-state index contributed by atoms with van der Waals surface area (Å²) in [5, 5.41) is 19.1. The maximum absolute atomic E-state index is 10.9. The fraction of sp³-hybridized carbons (Fsp3) is 0.208. The second-order valence-corrected chi connectivity index (χ2v) is 7.12. The highest BCUT2D eigenvalue weighted by atomic mass is 35.5. The number of carbonyl (C=O) groups is 1. The van der Waals surface area contributed by atoms with E-state index >= 15 is 0 Å². The molecule has 0 bridgehead atoms. The third kappa shape index (κ3) is 6.51. The predicted molar refractivity (Wildman–Crippen MR) is 116 cm³/mol. The number of halogens is 1. The summed E-state index contributed by atoms with van der Waals surface area (Å²) < 4.78 is 11.2. The van der Waals surface area contributed by atoms with Crippen molar-refractivity contribution in [3.63, 3.8) is 0 Å². The Balaban J connectivity index is 1.51. The van der Waals surface area contributed by atoms with E-state index in [-0.39, 0.29) is 19.6 Å². The molecular formula is C24H23ClO5. The van der Waals surface area contributed by atoms with Gasteiger partial charge in [0.05, 0.1) is 6.42 Å². The van der Waals surface area contributed by atoms with Gasteiger partial charge in [0, 0.05) is 5.88 Å². The molecule has 3 aromatic carbocycles. The van der Waals surface area contributed by atoms with Crippen LogP contribution in [0.25, 0.3) is 11.1 Å². The van der Waals surface area contributed by atoms with E-state index in [0.717, 1.165) is 22.3 Å². The molecule has 30 heavy (non-hydrogen) atoms. The molecule has 1 atom stereocenters. The first kappa shape index (κ1) is 21.7. The van der Waals surface area contributed by atoms with Crippen LogP contribution in [0.4, 0.5) is 0 Å². The molecule has 2 N–H and O–H groups in total. The van der Waals surface area contributed by atoms with Crippen molar-refractivity contribution in [2.75, 3.05) is 13.2 Å². The van der Waals surface area contributed by atoms with E-state index in [1.807, 2.05) is 66.7 Å². The molecule has 3 rings (SSSR count). The standard InChI is InChI=1S/C24H23ClO5/c25-14-18-4-2-6-23(12-18)30-16-21(26)15-29-22-9-7-19(8-10-22)20-5-1-3-17(11-20)13-24(27)28/h1-12,21,26H,13-16H2,(H,27,28). The molecule has 6 heteroatoms. The van der Waals surface area contributed by atoms with E-state index in [4.69, 9.17) is 26.2 Å². The summed E-state index contributed by atoms with van der Waals surface area (Å²) in [6, 6.07) is 22.3. The Kier molecular flexibility index (Phi) is 7.71. The number of aliphatic hydroxyl groups is 1. The zero-order chi connectivity index (χ0) is 21.3. The molecule has 1 unspecified atom stereocenters. The molecule has 0 fully saturated rings. The van der Waals surface area contributed by atoms with E-state index < -0.39 is 12.1 Å². The third-order valence-electron chi connectivity index (χ3n) is 4.41. The van der Waals surface area contributed by atoms with Crippen LogP contribution in [0.3, 0.4) is 0 Å². The predicted octanol–water partition coefficient (Wildman–Crippen LogP) is 4.54. The van der Waals surface area contributed by atoms with Crippen molar-refractivity contribution >= 4 is 17.6 Å². The van der Waals surface area contributed by atoms with Gasteiger partial charge in [0.2, 0.25) is 0 Å². The lowest BCUT2D eigenvalue weighted by Gasteiger charge is -2.14. The van der Waals surface area contributed by atoms with Crippen molar-refractivity contribution in [3.05, 3.63) is 83.9 Å². The van der Waals surface area contributed by atoms with Gasteiger partial charge in [0.25, 0.3) is 0 Å². The summed E-state index contributed by atoms with van der Waals surface area (Å²) in [5.74, 6) is 0.832. The minimum absolute atomic E-state index is 0.00877. The molecule has 156 valence electrons. The average Bonchev–Trinajstić information content (AvgIpc) is 2.76. The van der Waals surface area contributed by atoms with Crippen molar-refractivity contribution in [1.29, 1.82) is 0 Å². The highest BCUT2D eigenvalue weighted by Gasteiger charge is 2.08. The van der Waals surface area contributed by atoms with Crippen molar-refractivity contribution in [1.82, 2.24) is 0 Å². The number of aliphatic hydroxyl groups excluding tert-OH is 1. The quantitative estimate of drug-likeness (QED) is 0.465. The first-order valence-corrected chi connectivity index (χ1v) is 10.1. The van der Waals surface area contributed by atoms with Gasteiger partial charge < -0.3 is 19.7 Å². The molecule has 0 aliphatic carbocycles. The van der Waals surface area contributed by atoms with Gasteiger partial charge in [-0.25, -0.2) is 0 Å². The molecule has 0 saturated carbocycles. The number of aliphatic carboxylic acids is 1. The van der Waals surface area contributed by atoms with Gasteiger partial charge in [0.15, 0.2) is 0 Å². The SMILES string of the molecule is O=C(O)Cc1cccc(-c2ccc(OCC(O)COc3cccc(CCl)c3)cc2)c1. The van der Waals surface area contributed by atoms with Gasteiger partial charge in [-0.1, -0.05) is 48.5 Å². The van der Waals surface area contributed by atoms with E-state index in [1.165, 1.54) is 0 Å². The van der Waals surface area contributed by atoms with Crippen LogP contribution in [0, 0.1) is 0 Å². The molecule has 0 aromatic heterocycles. The fourth-order valence-corrected chi connectivity index (χ4v) is 3.10. The number of hydrogen-bond donors (Lipinski definition) is 2. The van der Waals surface area contributed by atoms with Crippen LogP contribution in [0.5, 0.6) is 11.5 Å². The molecule has 0 aliphatic rings. The van der Waals surface area contributed by atoms with E-state index in [1.54, 1.807) is 6.07 Å². The lowest BCUT2D eigenvalue weighted by atomic mass is 10.0. The highest BCUT2D eigenvalue weighted by molar-refractivity contribution is 6.17. The lowest BCUT2D eigenvalue weighted by Crippen LogP contribution is -2.25. The number of carboxylic acid groups (broad SMARTS) is 1. The first-order chi connectivity index (χ1) is 14.5. The summed E-state index contributed by atoms with van der Waals surface area (Å²) in [6.07, 6.45) is -0.789. The summed E-state index contributed by atoms with van der Waals surface area (Å²) in [4.78, 5) is 10.9. The van der Waals surface area contributed by atoms with Crippen molar-refractivity contribution < 1.29 is 24.5 Å². The third-order valence-corrected chi connectivity index (χ3v) is 4.72. The van der Waals surface area contributed by atoms with Gasteiger partial charge in [-0.15, -0.1) is 11.6 Å². The number of alkyl halides is 1. The minimum atomic E-state index is -0.856. The largest absolute Gasteiger partial charge is 0.491 e. The Morgan fingerprint density at radius 1 is 0.833 bits per heavy atom. The van der Waals surface area contributed by atoms with Gasteiger partial charge in [0.1, 0.15) is 30.8 Å². The van der Waals surface area contributed by atoms with E-state index in [2.05, 4.69) is 0 Å². The van der Waals surface area contributed by atoms with Crippen LogP contribution in [-0.4, -0.2) is 35.5 Å². The Bertz CT molecular complexity index is 971. The zero-order valence-electron chi connectivity index (χ0n) is 16.3. The van der Waals surface area contributed by atoms with Crippen LogP contribution < -0.4 is 9.47 Å². The molecule has 0 saturated heterocycles. The van der Waals surface area contributed by atoms with Crippen molar-refractivity contribution in [3.8, 4) is 22.6 Å². The first-order valence-electron chi connectivity index (χ1n) is 9.53. The van der Waals surface area contributed by atoms with Crippen LogP contribution in [-0.2, 0) is 17.1 Å². The molecule has 0 aliphatic heterocycles. The van der Waals surface area contributed by atoms with E-state index in [0.29, 0.717) is 17.4 Å². The maximum Gasteiger partial charge on any atom is 0.307 e. The number of benzene rings is 3. The molecular weight excluding hydrogens is 404 g/mol. The number of rotatable bonds is 10. The molecule has 5 nitrogen and oxygen atoms in total. The summed E-state index contributed by atoms with van der Waals surface area (Å²) in [6.45, 7) is 0.211. The zero-order valence-corrected chi connectivity index (χ0v) is 17.1.